The monoisotopic (exact) mass is 389 g/mol. The molecule has 6 nitrogen and oxygen atoms in total. The molecule has 0 saturated heterocycles. The molecule has 0 bridgehead atoms. The topological polar surface area (TPSA) is 64.9 Å². The van der Waals surface area contributed by atoms with Crippen LogP contribution >= 0.6 is 31.9 Å². The Hall–Kier alpha value is -0.990. The minimum absolute atomic E-state index is 0.274. The van der Waals surface area contributed by atoms with Crippen molar-refractivity contribution in [2.75, 3.05) is 7.05 Å². The zero-order valence-electron chi connectivity index (χ0n) is 10.5. The number of aryl methyl sites for hydroxylation is 1. The molecular weight excluding hydrogens is 378 g/mol. The van der Waals surface area contributed by atoms with E-state index < -0.39 is 0 Å². The molecule has 8 heteroatoms. The second kappa shape index (κ2) is 6.44. The Balaban J connectivity index is 2.11. The number of hydrogen-bond acceptors (Lipinski definition) is 5. The molecule has 0 aliphatic rings. The molecule has 0 aliphatic heterocycles. The Morgan fingerprint density at radius 2 is 2.00 bits per heavy atom. The summed E-state index contributed by atoms with van der Waals surface area (Å²) in [5.41, 5.74) is 1.16. The summed E-state index contributed by atoms with van der Waals surface area (Å²) < 4.78 is 7.48. The third-order valence-electron chi connectivity index (χ3n) is 2.33. The number of halogens is 2. The molecule has 0 fully saturated rings. The third kappa shape index (κ3) is 3.74. The zero-order valence-corrected chi connectivity index (χ0v) is 13.7. The molecule has 0 radical (unpaired) electrons. The maximum atomic E-state index is 5.71. The van der Waals surface area contributed by atoms with Gasteiger partial charge in [-0.15, -0.1) is 10.2 Å². The van der Waals surface area contributed by atoms with Crippen LogP contribution in [0.4, 0.5) is 0 Å². The average molecular weight is 391 g/mol. The number of hydrogen-bond donors (Lipinski definition) is 1. The zero-order chi connectivity index (χ0) is 13.8. The molecule has 0 atom stereocenters. The predicted octanol–water partition coefficient (Wildman–Crippen LogP) is 2.03. The lowest BCUT2D eigenvalue weighted by Gasteiger charge is -2.11. The third-order valence-corrected chi connectivity index (χ3v) is 3.51. The van der Waals surface area contributed by atoms with E-state index in [9.17, 15) is 0 Å². The molecule has 1 heterocycles. The lowest BCUT2D eigenvalue weighted by molar-refractivity contribution is 0.291. The Labute approximate surface area is 127 Å². The van der Waals surface area contributed by atoms with Gasteiger partial charge in [-0.3, -0.25) is 0 Å². The summed E-state index contributed by atoms with van der Waals surface area (Å²) in [5.74, 6) is 1.27. The molecule has 1 aromatic heterocycles. The summed E-state index contributed by atoms with van der Waals surface area (Å²) in [4.78, 5) is 1.40. The summed E-state index contributed by atoms with van der Waals surface area (Å²) >= 11 is 7.00. The summed E-state index contributed by atoms with van der Waals surface area (Å²) in [6.07, 6.45) is 0. The molecule has 0 saturated carbocycles. The van der Waals surface area contributed by atoms with Gasteiger partial charge in [-0.1, -0.05) is 0 Å². The SMILES string of the molecule is CNCc1cc(Br)c(OCc2nnn(C)n2)c(Br)c1. The van der Waals surface area contributed by atoms with Crippen molar-refractivity contribution in [3.8, 4) is 5.75 Å². The number of ether oxygens (including phenoxy) is 1. The number of nitrogens with zero attached hydrogens (tertiary/aromatic N) is 4. The molecule has 2 aromatic rings. The van der Waals surface area contributed by atoms with Gasteiger partial charge in [-0.2, -0.15) is 4.80 Å². The molecule has 0 amide bonds. The van der Waals surface area contributed by atoms with E-state index in [1.807, 2.05) is 19.2 Å². The largest absolute Gasteiger partial charge is 0.483 e. The first-order valence-electron chi connectivity index (χ1n) is 5.58. The van der Waals surface area contributed by atoms with Crippen LogP contribution in [-0.2, 0) is 20.2 Å². The molecule has 0 unspecified atom stereocenters. The van der Waals surface area contributed by atoms with Gasteiger partial charge in [0.15, 0.2) is 6.61 Å². The van der Waals surface area contributed by atoms with Crippen LogP contribution in [0.25, 0.3) is 0 Å². The number of rotatable bonds is 5. The van der Waals surface area contributed by atoms with Crippen LogP contribution in [0.1, 0.15) is 11.4 Å². The van der Waals surface area contributed by atoms with Crippen molar-refractivity contribution in [2.45, 2.75) is 13.2 Å². The fraction of sp³-hybridized carbons (Fsp3) is 0.364. The first-order chi connectivity index (χ1) is 9.10. The minimum Gasteiger partial charge on any atom is -0.483 e. The van der Waals surface area contributed by atoms with Gasteiger partial charge in [0.2, 0.25) is 5.82 Å². The highest BCUT2D eigenvalue weighted by Crippen LogP contribution is 2.35. The van der Waals surface area contributed by atoms with E-state index in [0.29, 0.717) is 5.82 Å². The first-order valence-corrected chi connectivity index (χ1v) is 7.17. The normalized spacial score (nSPS) is 10.7. The molecule has 0 aliphatic carbocycles. The molecule has 2 rings (SSSR count). The number of tetrazole rings is 1. The van der Waals surface area contributed by atoms with Crippen LogP contribution in [0, 0.1) is 0 Å². The van der Waals surface area contributed by atoms with E-state index in [0.717, 1.165) is 26.8 Å². The molecule has 1 aromatic carbocycles. The van der Waals surface area contributed by atoms with Crippen LogP contribution < -0.4 is 10.1 Å². The van der Waals surface area contributed by atoms with Crippen LogP contribution in [0.3, 0.4) is 0 Å². The van der Waals surface area contributed by atoms with Crippen molar-refractivity contribution in [3.05, 3.63) is 32.5 Å². The van der Waals surface area contributed by atoms with Crippen LogP contribution in [0.2, 0.25) is 0 Å². The predicted molar refractivity (Wildman–Crippen MR) is 77.7 cm³/mol. The van der Waals surface area contributed by atoms with Crippen LogP contribution in [0.15, 0.2) is 21.1 Å². The maximum Gasteiger partial charge on any atom is 0.212 e. The van der Waals surface area contributed by atoms with Gasteiger partial charge in [0.25, 0.3) is 0 Å². The summed E-state index contributed by atoms with van der Waals surface area (Å²) in [6.45, 7) is 1.07. The summed E-state index contributed by atoms with van der Waals surface area (Å²) in [5, 5.41) is 14.8. The van der Waals surface area contributed by atoms with Crippen molar-refractivity contribution in [1.82, 2.24) is 25.5 Å². The van der Waals surface area contributed by atoms with Crippen molar-refractivity contribution in [3.63, 3.8) is 0 Å². The van der Waals surface area contributed by atoms with Gasteiger partial charge in [-0.25, -0.2) is 0 Å². The maximum absolute atomic E-state index is 5.71. The van der Waals surface area contributed by atoms with E-state index in [4.69, 9.17) is 4.74 Å². The lowest BCUT2D eigenvalue weighted by atomic mass is 10.2. The molecule has 0 spiro atoms. The average Bonchev–Trinajstić information content (AvgIpc) is 2.74. The van der Waals surface area contributed by atoms with Gasteiger partial charge in [0.05, 0.1) is 16.0 Å². The second-order valence-corrected chi connectivity index (χ2v) is 5.61. The van der Waals surface area contributed by atoms with Gasteiger partial charge in [0.1, 0.15) is 5.75 Å². The molecule has 102 valence electrons. The van der Waals surface area contributed by atoms with Gasteiger partial charge >= 0.3 is 0 Å². The number of benzene rings is 1. The smallest absolute Gasteiger partial charge is 0.212 e. The van der Waals surface area contributed by atoms with E-state index in [1.165, 1.54) is 4.80 Å². The molecule has 19 heavy (non-hydrogen) atoms. The highest BCUT2D eigenvalue weighted by Gasteiger charge is 2.10. The van der Waals surface area contributed by atoms with Crippen LogP contribution in [0.5, 0.6) is 5.75 Å². The quantitative estimate of drug-likeness (QED) is 0.846. The van der Waals surface area contributed by atoms with E-state index in [-0.39, 0.29) is 6.61 Å². The van der Waals surface area contributed by atoms with Gasteiger partial charge < -0.3 is 10.1 Å². The van der Waals surface area contributed by atoms with Crippen molar-refractivity contribution in [2.24, 2.45) is 7.05 Å². The Bertz CT molecular complexity index is 549. The second-order valence-electron chi connectivity index (χ2n) is 3.90. The van der Waals surface area contributed by atoms with Crippen molar-refractivity contribution < 1.29 is 4.74 Å². The van der Waals surface area contributed by atoms with Gasteiger partial charge in [0, 0.05) is 6.54 Å². The van der Waals surface area contributed by atoms with E-state index in [1.54, 1.807) is 7.05 Å². The van der Waals surface area contributed by atoms with Crippen molar-refractivity contribution in [1.29, 1.82) is 0 Å². The van der Waals surface area contributed by atoms with Crippen LogP contribution in [-0.4, -0.2) is 27.3 Å². The van der Waals surface area contributed by atoms with E-state index >= 15 is 0 Å². The highest BCUT2D eigenvalue weighted by atomic mass is 79.9. The number of aromatic nitrogens is 4. The fourth-order valence-electron chi connectivity index (χ4n) is 1.57. The standard InChI is InChI=1S/C11H13Br2N5O/c1-14-5-7-3-8(12)11(9(13)4-7)19-6-10-15-17-18(2)16-10/h3-4,14H,5-6H2,1-2H3. The Morgan fingerprint density at radius 1 is 1.32 bits per heavy atom. The molecule has 1 N–H and O–H groups in total. The van der Waals surface area contributed by atoms with Crippen molar-refractivity contribution >= 4 is 31.9 Å². The summed E-state index contributed by atoms with van der Waals surface area (Å²) in [6, 6.07) is 4.03. The van der Waals surface area contributed by atoms with Gasteiger partial charge in [-0.05, 0) is 61.8 Å². The van der Waals surface area contributed by atoms with E-state index in [2.05, 4.69) is 52.6 Å². The Kier molecular flexibility index (Phi) is 4.89. The first kappa shape index (κ1) is 14.4. The number of nitrogens with one attached hydrogen (secondary N) is 1. The Morgan fingerprint density at radius 3 is 2.53 bits per heavy atom. The lowest BCUT2D eigenvalue weighted by Crippen LogP contribution is -2.06. The minimum atomic E-state index is 0.274. The highest BCUT2D eigenvalue weighted by molar-refractivity contribution is 9.11. The summed E-state index contributed by atoms with van der Waals surface area (Å²) in [7, 11) is 3.63. The fourth-order valence-corrected chi connectivity index (χ4v) is 3.08. The molecular formula is C11H13Br2N5O.